The molecule has 4 rings (SSSR count). The number of halogens is 1. The van der Waals surface area contributed by atoms with E-state index in [1.807, 2.05) is 6.07 Å². The summed E-state index contributed by atoms with van der Waals surface area (Å²) in [5.41, 5.74) is 4.22. The minimum atomic E-state index is -0.774. The van der Waals surface area contributed by atoms with E-state index in [1.165, 1.54) is 19.1 Å². The summed E-state index contributed by atoms with van der Waals surface area (Å²) in [4.78, 5) is 36.8. The second-order valence-electron chi connectivity index (χ2n) is 10.3. The second-order valence-corrected chi connectivity index (χ2v) is 10.3. The number of carbonyl (C=O) groups excluding carboxylic acids is 3. The molecule has 2 atom stereocenters. The molecule has 2 aromatic rings. The Morgan fingerprint density at radius 2 is 1.92 bits per heavy atom. The molecular formula is C30H37FN2O6. The van der Waals surface area contributed by atoms with Crippen LogP contribution in [0.4, 0.5) is 4.39 Å². The molecule has 2 aliphatic rings. The number of ketones is 1. The molecule has 1 aliphatic carbocycles. The molecule has 0 unspecified atom stereocenters. The molecule has 39 heavy (non-hydrogen) atoms. The van der Waals surface area contributed by atoms with Crippen molar-refractivity contribution >= 4 is 17.6 Å². The molecule has 0 saturated carbocycles. The Hall–Kier alpha value is -3.30. The molecule has 8 nitrogen and oxygen atoms in total. The molecule has 9 heteroatoms. The third kappa shape index (κ3) is 7.02. The normalized spacial score (nSPS) is 18.4. The van der Waals surface area contributed by atoms with Crippen LogP contribution in [0.15, 0.2) is 24.3 Å². The summed E-state index contributed by atoms with van der Waals surface area (Å²) in [6.45, 7) is 2.58. The average molecular weight is 541 g/mol. The van der Waals surface area contributed by atoms with Gasteiger partial charge in [0.05, 0.1) is 37.0 Å². The molecule has 0 radical (unpaired) electrons. The van der Waals surface area contributed by atoms with Gasteiger partial charge in [-0.05, 0) is 85.4 Å². The van der Waals surface area contributed by atoms with Crippen LogP contribution in [0.5, 0.6) is 5.75 Å². The number of nitrogens with one attached hydrogen (secondary N) is 2. The van der Waals surface area contributed by atoms with Crippen molar-refractivity contribution in [3.05, 3.63) is 63.5 Å². The number of fused-ring (bicyclic) bond motifs is 1. The van der Waals surface area contributed by atoms with Crippen molar-refractivity contribution in [1.82, 2.24) is 10.6 Å². The highest BCUT2D eigenvalue weighted by molar-refractivity contribution is 5.98. The first-order chi connectivity index (χ1) is 18.8. The van der Waals surface area contributed by atoms with Gasteiger partial charge in [-0.2, -0.15) is 0 Å². The lowest BCUT2D eigenvalue weighted by Gasteiger charge is -2.29. The number of rotatable bonds is 11. The van der Waals surface area contributed by atoms with Crippen LogP contribution in [0.3, 0.4) is 0 Å². The zero-order valence-corrected chi connectivity index (χ0v) is 22.6. The van der Waals surface area contributed by atoms with Crippen molar-refractivity contribution in [2.24, 2.45) is 0 Å². The van der Waals surface area contributed by atoms with E-state index in [0.29, 0.717) is 55.7 Å². The molecule has 2 amide bonds. The lowest BCUT2D eigenvalue weighted by atomic mass is 9.92. The number of carbonyl (C=O) groups is 3. The van der Waals surface area contributed by atoms with Gasteiger partial charge in [-0.15, -0.1) is 0 Å². The zero-order chi connectivity index (χ0) is 27.9. The molecule has 0 spiro atoms. The van der Waals surface area contributed by atoms with E-state index in [9.17, 15) is 23.9 Å². The Bertz CT molecular complexity index is 1230. The number of aliphatic hydroxyl groups is 1. The minimum Gasteiger partial charge on any atom is -0.496 e. The molecule has 1 aliphatic heterocycles. The molecule has 210 valence electrons. The number of ether oxygens (including phenoxy) is 2. The van der Waals surface area contributed by atoms with Crippen LogP contribution in [0, 0.1) is 5.82 Å². The predicted molar refractivity (Wildman–Crippen MR) is 144 cm³/mol. The van der Waals surface area contributed by atoms with Gasteiger partial charge >= 0.3 is 0 Å². The topological polar surface area (TPSA) is 114 Å². The summed E-state index contributed by atoms with van der Waals surface area (Å²) in [6.07, 6.45) is 4.15. The quantitative estimate of drug-likeness (QED) is 0.298. The lowest BCUT2D eigenvalue weighted by molar-refractivity contribution is -0.118. The third-order valence-corrected chi connectivity index (χ3v) is 7.47. The Labute approximate surface area is 228 Å². The van der Waals surface area contributed by atoms with Gasteiger partial charge in [0, 0.05) is 26.5 Å². The van der Waals surface area contributed by atoms with E-state index in [0.717, 1.165) is 36.0 Å². The van der Waals surface area contributed by atoms with Gasteiger partial charge in [0.25, 0.3) is 5.91 Å². The van der Waals surface area contributed by atoms with Crippen LogP contribution >= 0.6 is 0 Å². The maximum absolute atomic E-state index is 15.0. The maximum Gasteiger partial charge on any atom is 0.255 e. The van der Waals surface area contributed by atoms with E-state index in [4.69, 9.17) is 9.47 Å². The van der Waals surface area contributed by atoms with E-state index >= 15 is 0 Å². The number of aliphatic hydroxyl groups excluding tert-OH is 1. The Morgan fingerprint density at radius 1 is 1.13 bits per heavy atom. The van der Waals surface area contributed by atoms with Crippen molar-refractivity contribution in [1.29, 1.82) is 0 Å². The number of hydrogen-bond acceptors (Lipinski definition) is 6. The minimum absolute atomic E-state index is 0.0633. The number of hydrogen-bond donors (Lipinski definition) is 3. The van der Waals surface area contributed by atoms with Crippen LogP contribution in [0.1, 0.15) is 82.0 Å². The largest absolute Gasteiger partial charge is 0.496 e. The van der Waals surface area contributed by atoms with Gasteiger partial charge in [-0.3, -0.25) is 14.4 Å². The first-order valence-electron chi connectivity index (χ1n) is 13.6. The molecule has 2 aromatic carbocycles. The van der Waals surface area contributed by atoms with Crippen molar-refractivity contribution in [2.45, 2.75) is 70.4 Å². The summed E-state index contributed by atoms with van der Waals surface area (Å²) < 4.78 is 25.9. The standard InChI is InChI=1S/C30H37FN2O6/c1-18(34)32-12-4-3-8-27(35)23-10-9-19(15-25(23)31)14-20-16-24(29(38-2)22-7-5-6-21(20)22)30(37)33-26-11-13-39-17-28(26)36/h9-10,15-16,26,28,36H,3-8,11-14,17H2,1-2H3,(H,32,34)(H,33,37)/t26-,28-/m0/s1. The summed E-state index contributed by atoms with van der Waals surface area (Å²) in [7, 11) is 1.55. The van der Waals surface area contributed by atoms with Gasteiger partial charge < -0.3 is 25.2 Å². The Balaban J connectivity index is 1.51. The first-order valence-corrected chi connectivity index (χ1v) is 13.6. The van der Waals surface area contributed by atoms with Gasteiger partial charge in [-0.1, -0.05) is 6.07 Å². The monoisotopic (exact) mass is 540 g/mol. The van der Waals surface area contributed by atoms with Gasteiger partial charge in [0.1, 0.15) is 11.6 Å². The predicted octanol–water partition coefficient (Wildman–Crippen LogP) is 3.28. The highest BCUT2D eigenvalue weighted by Gasteiger charge is 2.30. The van der Waals surface area contributed by atoms with Crippen molar-refractivity contribution < 1.29 is 33.4 Å². The van der Waals surface area contributed by atoms with E-state index in [1.54, 1.807) is 13.2 Å². The lowest BCUT2D eigenvalue weighted by Crippen LogP contribution is -2.48. The summed E-state index contributed by atoms with van der Waals surface area (Å²) in [5, 5.41) is 15.8. The highest BCUT2D eigenvalue weighted by atomic mass is 19.1. The summed E-state index contributed by atoms with van der Waals surface area (Å²) >= 11 is 0. The van der Waals surface area contributed by atoms with Gasteiger partial charge in [0.2, 0.25) is 5.91 Å². The van der Waals surface area contributed by atoms with Crippen LogP contribution in [-0.2, 0) is 28.8 Å². The Kier molecular flexibility index (Phi) is 9.69. The van der Waals surface area contributed by atoms with Crippen LogP contribution in [-0.4, -0.2) is 61.7 Å². The number of methoxy groups -OCH3 is 1. The van der Waals surface area contributed by atoms with Crippen LogP contribution < -0.4 is 15.4 Å². The molecule has 3 N–H and O–H groups in total. The highest BCUT2D eigenvalue weighted by Crippen LogP contribution is 2.37. The third-order valence-electron chi connectivity index (χ3n) is 7.47. The maximum atomic E-state index is 15.0. The average Bonchev–Trinajstić information content (AvgIpc) is 3.40. The SMILES string of the molecule is COc1c(C(=O)N[C@H]2CCOC[C@@H]2O)cc(Cc2ccc(C(=O)CCCCNC(C)=O)c(F)c2)c2c1CCC2. The first kappa shape index (κ1) is 28.7. The molecule has 1 saturated heterocycles. The molecule has 0 aromatic heterocycles. The fourth-order valence-corrected chi connectivity index (χ4v) is 5.46. The van der Waals surface area contributed by atoms with Crippen molar-refractivity contribution in [3.63, 3.8) is 0 Å². The van der Waals surface area contributed by atoms with Crippen molar-refractivity contribution in [3.8, 4) is 5.75 Å². The molecule has 0 bridgehead atoms. The molecule has 1 fully saturated rings. The Morgan fingerprint density at radius 3 is 2.64 bits per heavy atom. The van der Waals surface area contributed by atoms with E-state index in [2.05, 4.69) is 10.6 Å². The zero-order valence-electron chi connectivity index (χ0n) is 22.6. The number of amides is 2. The fourth-order valence-electron chi connectivity index (χ4n) is 5.46. The summed E-state index contributed by atoms with van der Waals surface area (Å²) in [5.74, 6) is -0.705. The smallest absolute Gasteiger partial charge is 0.255 e. The van der Waals surface area contributed by atoms with E-state index < -0.39 is 18.0 Å². The molecule has 1 heterocycles. The van der Waals surface area contributed by atoms with Crippen LogP contribution in [0.25, 0.3) is 0 Å². The van der Waals surface area contributed by atoms with Gasteiger partial charge in [0.15, 0.2) is 5.78 Å². The van der Waals surface area contributed by atoms with E-state index in [-0.39, 0.29) is 36.2 Å². The second kappa shape index (κ2) is 13.2. The fraction of sp³-hybridized carbons (Fsp3) is 0.500. The molecular weight excluding hydrogens is 503 g/mol. The summed E-state index contributed by atoms with van der Waals surface area (Å²) in [6, 6.07) is 6.10. The number of Topliss-reactive ketones (excluding diaryl/α,β-unsaturated/α-hetero) is 1. The number of benzene rings is 2. The van der Waals surface area contributed by atoms with Crippen LogP contribution in [0.2, 0.25) is 0 Å². The van der Waals surface area contributed by atoms with Crippen molar-refractivity contribution in [2.75, 3.05) is 26.9 Å². The number of unbranched alkanes of at least 4 members (excludes halogenated alkanes) is 1. The van der Waals surface area contributed by atoms with Gasteiger partial charge in [-0.25, -0.2) is 4.39 Å².